The number of hydrogen-bond donors (Lipinski definition) is 0. The van der Waals surface area contributed by atoms with Gasteiger partial charge in [-0.05, 0) is 17.7 Å². The lowest BCUT2D eigenvalue weighted by atomic mass is 10.1. The van der Waals surface area contributed by atoms with Crippen LogP contribution < -0.4 is 0 Å². The number of rotatable bonds is 2. The molecule has 0 aliphatic carbocycles. The number of methoxy groups -OCH3 is 1. The van der Waals surface area contributed by atoms with E-state index in [0.29, 0.717) is 16.6 Å². The van der Waals surface area contributed by atoms with E-state index in [9.17, 15) is 4.79 Å². The summed E-state index contributed by atoms with van der Waals surface area (Å²) in [4.78, 5) is 14.5. The molecule has 0 aliphatic rings. The zero-order chi connectivity index (χ0) is 10.6. The van der Waals surface area contributed by atoms with Crippen LogP contribution in [0.15, 0.2) is 18.2 Å². The van der Waals surface area contributed by atoms with Crippen molar-refractivity contribution in [3.63, 3.8) is 0 Å². The van der Waals surface area contributed by atoms with Crippen LogP contribution in [0.25, 0.3) is 4.85 Å². The van der Waals surface area contributed by atoms with E-state index in [-0.39, 0.29) is 0 Å². The summed E-state index contributed by atoms with van der Waals surface area (Å²) in [5.74, 6) is -0.419. The Hall–Kier alpha value is -1.34. The fourth-order valence-corrected chi connectivity index (χ4v) is 1.38. The highest BCUT2D eigenvalue weighted by molar-refractivity contribution is 9.08. The first kappa shape index (κ1) is 10.7. The minimum Gasteiger partial charge on any atom is -0.465 e. The molecular weight excluding hydrogens is 246 g/mol. The Kier molecular flexibility index (Phi) is 3.66. The number of esters is 1. The molecule has 0 atom stereocenters. The maximum absolute atomic E-state index is 11.2. The van der Waals surface area contributed by atoms with Crippen LogP contribution in [0.2, 0.25) is 0 Å². The quantitative estimate of drug-likeness (QED) is 0.461. The normalized spacial score (nSPS) is 9.21. The van der Waals surface area contributed by atoms with Gasteiger partial charge < -0.3 is 4.74 Å². The summed E-state index contributed by atoms with van der Waals surface area (Å²) < 4.78 is 4.58. The lowest BCUT2D eigenvalue weighted by Gasteiger charge is -2.02. The molecule has 14 heavy (non-hydrogen) atoms. The van der Waals surface area contributed by atoms with Gasteiger partial charge >= 0.3 is 5.97 Å². The highest BCUT2D eigenvalue weighted by atomic mass is 79.9. The molecule has 1 aromatic carbocycles. The fourth-order valence-electron chi connectivity index (χ4n) is 1.05. The number of ether oxygens (including phenoxy) is 1. The van der Waals surface area contributed by atoms with Crippen molar-refractivity contribution in [1.82, 2.24) is 0 Å². The largest absolute Gasteiger partial charge is 0.465 e. The summed E-state index contributed by atoms with van der Waals surface area (Å²) in [6.45, 7) is 6.87. The van der Waals surface area contributed by atoms with E-state index in [4.69, 9.17) is 6.57 Å². The number of carbonyl (C=O) groups excluding carboxylic acids is 1. The monoisotopic (exact) mass is 253 g/mol. The first-order valence-corrected chi connectivity index (χ1v) is 4.99. The van der Waals surface area contributed by atoms with Crippen molar-refractivity contribution in [3.8, 4) is 0 Å². The molecular formula is C10H8BrNO2. The standard InChI is InChI=1S/C10H8BrNO2/c1-12-9-4-7(6-11)3-8(5-9)10(13)14-2/h3-5H,6H2,2H3. The number of nitrogens with zero attached hydrogens (tertiary/aromatic N) is 1. The summed E-state index contributed by atoms with van der Waals surface area (Å²) in [6.07, 6.45) is 0. The van der Waals surface area contributed by atoms with Crippen molar-refractivity contribution in [2.24, 2.45) is 0 Å². The third kappa shape index (κ3) is 2.33. The molecule has 3 nitrogen and oxygen atoms in total. The van der Waals surface area contributed by atoms with Crippen LogP contribution in [0.4, 0.5) is 5.69 Å². The molecule has 1 rings (SSSR count). The van der Waals surface area contributed by atoms with Crippen molar-refractivity contribution in [1.29, 1.82) is 0 Å². The molecule has 72 valence electrons. The van der Waals surface area contributed by atoms with Gasteiger partial charge in [-0.3, -0.25) is 0 Å². The molecule has 0 bridgehead atoms. The first-order valence-electron chi connectivity index (χ1n) is 3.87. The first-order chi connectivity index (χ1) is 6.71. The smallest absolute Gasteiger partial charge is 0.336 e. The summed E-state index contributed by atoms with van der Waals surface area (Å²) in [7, 11) is 1.32. The van der Waals surface area contributed by atoms with Gasteiger partial charge in [0, 0.05) is 10.9 Å². The predicted octanol–water partition coefficient (Wildman–Crippen LogP) is 2.92. The Morgan fingerprint density at radius 3 is 2.79 bits per heavy atom. The van der Waals surface area contributed by atoms with Crippen LogP contribution in [0.5, 0.6) is 0 Å². The molecule has 0 radical (unpaired) electrons. The highest BCUT2D eigenvalue weighted by Gasteiger charge is 2.07. The van der Waals surface area contributed by atoms with Crippen molar-refractivity contribution >= 4 is 27.6 Å². The summed E-state index contributed by atoms with van der Waals surface area (Å²) in [6, 6.07) is 4.95. The number of halogens is 1. The van der Waals surface area contributed by atoms with Crippen molar-refractivity contribution in [2.45, 2.75) is 5.33 Å². The third-order valence-corrected chi connectivity index (χ3v) is 2.33. The predicted molar refractivity (Wildman–Crippen MR) is 56.7 cm³/mol. The van der Waals surface area contributed by atoms with E-state index in [1.54, 1.807) is 12.1 Å². The SMILES string of the molecule is [C-]#[N+]c1cc(CBr)cc(C(=O)OC)c1. The third-order valence-electron chi connectivity index (χ3n) is 1.68. The Morgan fingerprint density at radius 1 is 1.57 bits per heavy atom. The van der Waals surface area contributed by atoms with Crippen LogP contribution in [0.1, 0.15) is 15.9 Å². The van der Waals surface area contributed by atoms with Crippen LogP contribution in [0, 0.1) is 6.57 Å². The molecule has 0 unspecified atom stereocenters. The maximum Gasteiger partial charge on any atom is 0.336 e. The lowest BCUT2D eigenvalue weighted by molar-refractivity contribution is 0.0600. The van der Waals surface area contributed by atoms with Gasteiger partial charge in [0.15, 0.2) is 5.69 Å². The van der Waals surface area contributed by atoms with E-state index in [1.807, 2.05) is 0 Å². The van der Waals surface area contributed by atoms with E-state index >= 15 is 0 Å². The molecule has 0 aromatic heterocycles. The molecule has 4 heteroatoms. The Labute approximate surface area is 90.6 Å². The van der Waals surface area contributed by atoms with Gasteiger partial charge in [-0.2, -0.15) is 0 Å². The molecule has 0 amide bonds. The molecule has 0 heterocycles. The molecule has 0 saturated carbocycles. The van der Waals surface area contributed by atoms with E-state index in [0.717, 1.165) is 5.56 Å². The van der Waals surface area contributed by atoms with E-state index < -0.39 is 5.97 Å². The summed E-state index contributed by atoms with van der Waals surface area (Å²) in [5, 5.41) is 0.611. The highest BCUT2D eigenvalue weighted by Crippen LogP contribution is 2.20. The average molecular weight is 254 g/mol. The summed E-state index contributed by atoms with van der Waals surface area (Å²) in [5.41, 5.74) is 1.75. The Morgan fingerprint density at radius 2 is 2.29 bits per heavy atom. The van der Waals surface area contributed by atoms with E-state index in [1.165, 1.54) is 13.2 Å². The lowest BCUT2D eigenvalue weighted by Crippen LogP contribution is -2.01. The minimum atomic E-state index is -0.419. The van der Waals surface area contributed by atoms with Crippen molar-refractivity contribution in [2.75, 3.05) is 7.11 Å². The zero-order valence-corrected chi connectivity index (χ0v) is 9.17. The summed E-state index contributed by atoms with van der Waals surface area (Å²) >= 11 is 3.27. The van der Waals surface area contributed by atoms with Crippen LogP contribution in [-0.4, -0.2) is 13.1 Å². The van der Waals surface area contributed by atoms with Gasteiger partial charge in [0.05, 0.1) is 13.7 Å². The van der Waals surface area contributed by atoms with Crippen LogP contribution in [-0.2, 0) is 10.1 Å². The molecule has 1 aromatic rings. The zero-order valence-electron chi connectivity index (χ0n) is 7.58. The maximum atomic E-state index is 11.2. The Balaban J connectivity index is 3.19. The van der Waals surface area contributed by atoms with Crippen LogP contribution >= 0.6 is 15.9 Å². The second kappa shape index (κ2) is 4.77. The van der Waals surface area contributed by atoms with Gasteiger partial charge in [-0.15, -0.1) is 0 Å². The van der Waals surface area contributed by atoms with Crippen molar-refractivity contribution in [3.05, 3.63) is 40.7 Å². The minimum absolute atomic E-state index is 0.412. The number of benzene rings is 1. The fraction of sp³-hybridized carbons (Fsp3) is 0.200. The molecule has 0 spiro atoms. The molecule has 0 saturated heterocycles. The van der Waals surface area contributed by atoms with E-state index in [2.05, 4.69) is 25.5 Å². The molecule has 0 N–H and O–H groups in total. The van der Waals surface area contributed by atoms with Crippen LogP contribution in [0.3, 0.4) is 0 Å². The van der Waals surface area contributed by atoms with Gasteiger partial charge in [-0.1, -0.05) is 22.0 Å². The average Bonchev–Trinajstić information content (AvgIpc) is 2.27. The number of alkyl halides is 1. The van der Waals surface area contributed by atoms with Gasteiger partial charge in [-0.25, -0.2) is 9.64 Å². The van der Waals surface area contributed by atoms with Crippen molar-refractivity contribution < 1.29 is 9.53 Å². The number of hydrogen-bond acceptors (Lipinski definition) is 2. The van der Waals surface area contributed by atoms with Gasteiger partial charge in [0.1, 0.15) is 0 Å². The molecule has 0 fully saturated rings. The Bertz CT molecular complexity index is 396. The second-order valence-corrected chi connectivity index (χ2v) is 3.19. The van der Waals surface area contributed by atoms with Gasteiger partial charge in [0.2, 0.25) is 0 Å². The number of carbonyl (C=O) groups is 1. The topological polar surface area (TPSA) is 30.7 Å². The van der Waals surface area contributed by atoms with Gasteiger partial charge in [0.25, 0.3) is 0 Å². The molecule has 0 aliphatic heterocycles. The second-order valence-electron chi connectivity index (χ2n) is 2.63.